The van der Waals surface area contributed by atoms with Gasteiger partial charge in [-0.15, -0.1) is 0 Å². The molecule has 0 fully saturated rings. The molecule has 1 aromatic carbocycles. The molecule has 0 saturated heterocycles. The van der Waals surface area contributed by atoms with Gasteiger partial charge in [0.05, 0.1) is 22.5 Å². The molecule has 3 nitrogen and oxygen atoms in total. The van der Waals surface area contributed by atoms with Crippen LogP contribution in [0.3, 0.4) is 0 Å². The third kappa shape index (κ3) is 3.51. The second kappa shape index (κ2) is 6.12. The number of hydrogen-bond acceptors (Lipinski definition) is 3. The molecule has 1 aromatic rings. The predicted molar refractivity (Wildman–Crippen MR) is 75.3 cm³/mol. The van der Waals surface area contributed by atoms with Crippen molar-refractivity contribution in [2.75, 3.05) is 31.4 Å². The Balaban J connectivity index is 2.94. The summed E-state index contributed by atoms with van der Waals surface area (Å²) in [5, 5.41) is 4.18. The second-order valence-corrected chi connectivity index (χ2v) is 4.81. The molecule has 0 spiro atoms. The SMILES string of the molecule is COC(C)C(C)Nc1cccc(Cl)c1N(C)C. The van der Waals surface area contributed by atoms with Gasteiger partial charge in [-0.05, 0) is 26.0 Å². The number of ether oxygens (including phenoxy) is 1. The molecule has 0 heterocycles. The maximum absolute atomic E-state index is 6.21. The summed E-state index contributed by atoms with van der Waals surface area (Å²) >= 11 is 6.21. The van der Waals surface area contributed by atoms with Crippen LogP contribution in [0.1, 0.15) is 13.8 Å². The Hall–Kier alpha value is -0.930. The van der Waals surface area contributed by atoms with Crippen molar-refractivity contribution < 1.29 is 4.74 Å². The molecule has 0 amide bonds. The Bertz CT molecular complexity index is 368. The first kappa shape index (κ1) is 14.1. The van der Waals surface area contributed by atoms with Crippen LogP contribution in [0.4, 0.5) is 11.4 Å². The quantitative estimate of drug-likeness (QED) is 0.875. The van der Waals surface area contributed by atoms with Crippen molar-refractivity contribution in [1.82, 2.24) is 0 Å². The van der Waals surface area contributed by atoms with Crippen LogP contribution in [0.15, 0.2) is 18.2 Å². The molecule has 0 bridgehead atoms. The highest BCUT2D eigenvalue weighted by Crippen LogP contribution is 2.33. The lowest BCUT2D eigenvalue weighted by molar-refractivity contribution is 0.106. The van der Waals surface area contributed by atoms with E-state index >= 15 is 0 Å². The lowest BCUT2D eigenvalue weighted by Gasteiger charge is -2.25. The van der Waals surface area contributed by atoms with Crippen LogP contribution in [0.5, 0.6) is 0 Å². The molecule has 0 aliphatic rings. The van der Waals surface area contributed by atoms with Gasteiger partial charge in [0.2, 0.25) is 0 Å². The molecule has 0 aliphatic carbocycles. The Kier molecular flexibility index (Phi) is 5.09. The van der Waals surface area contributed by atoms with E-state index in [0.717, 1.165) is 16.4 Å². The van der Waals surface area contributed by atoms with E-state index in [1.165, 1.54) is 0 Å². The molecule has 1 N–H and O–H groups in total. The first-order valence-electron chi connectivity index (χ1n) is 5.72. The van der Waals surface area contributed by atoms with Crippen LogP contribution >= 0.6 is 11.6 Å². The predicted octanol–water partition coefficient (Wildman–Crippen LogP) is 3.24. The van der Waals surface area contributed by atoms with Crippen molar-refractivity contribution in [3.8, 4) is 0 Å². The minimum Gasteiger partial charge on any atom is -0.380 e. The van der Waals surface area contributed by atoms with Crippen LogP contribution in [-0.4, -0.2) is 33.4 Å². The summed E-state index contributed by atoms with van der Waals surface area (Å²) in [7, 11) is 5.68. The van der Waals surface area contributed by atoms with Gasteiger partial charge in [-0.1, -0.05) is 17.7 Å². The van der Waals surface area contributed by atoms with Crippen LogP contribution in [0.2, 0.25) is 5.02 Å². The van der Waals surface area contributed by atoms with Crippen molar-refractivity contribution >= 4 is 23.0 Å². The number of para-hydroxylation sites is 1. The van der Waals surface area contributed by atoms with Gasteiger partial charge in [-0.2, -0.15) is 0 Å². The lowest BCUT2D eigenvalue weighted by atomic mass is 10.1. The van der Waals surface area contributed by atoms with E-state index in [2.05, 4.69) is 12.2 Å². The molecule has 0 saturated carbocycles. The summed E-state index contributed by atoms with van der Waals surface area (Å²) in [4.78, 5) is 2.01. The van der Waals surface area contributed by atoms with Gasteiger partial charge in [-0.3, -0.25) is 0 Å². The minimum absolute atomic E-state index is 0.143. The zero-order valence-electron chi connectivity index (χ0n) is 11.1. The summed E-state index contributed by atoms with van der Waals surface area (Å²) in [6.45, 7) is 4.13. The number of hydrogen-bond donors (Lipinski definition) is 1. The van der Waals surface area contributed by atoms with Crippen molar-refractivity contribution in [2.24, 2.45) is 0 Å². The minimum atomic E-state index is 0.143. The van der Waals surface area contributed by atoms with E-state index in [9.17, 15) is 0 Å². The number of benzene rings is 1. The molecule has 96 valence electrons. The molecule has 2 atom stereocenters. The van der Waals surface area contributed by atoms with Crippen LogP contribution in [0.25, 0.3) is 0 Å². The average molecular weight is 257 g/mol. The molecule has 17 heavy (non-hydrogen) atoms. The summed E-state index contributed by atoms with van der Waals surface area (Å²) in [6, 6.07) is 6.09. The number of nitrogens with zero attached hydrogens (tertiary/aromatic N) is 1. The Labute approximate surface area is 109 Å². The topological polar surface area (TPSA) is 24.5 Å². The van der Waals surface area contributed by atoms with Crippen LogP contribution in [-0.2, 0) is 4.74 Å². The number of anilines is 2. The van der Waals surface area contributed by atoms with E-state index < -0.39 is 0 Å². The molecular weight excluding hydrogens is 236 g/mol. The first-order chi connectivity index (χ1) is 7.97. The Morgan fingerprint density at radius 1 is 1.29 bits per heavy atom. The van der Waals surface area contributed by atoms with E-state index in [1.807, 2.05) is 44.1 Å². The van der Waals surface area contributed by atoms with Gasteiger partial charge >= 0.3 is 0 Å². The largest absolute Gasteiger partial charge is 0.380 e. The standard InChI is InChI=1S/C13H21ClN2O/c1-9(10(2)17-5)15-12-8-6-7-11(14)13(12)16(3)4/h6-10,15H,1-5H3. The van der Waals surface area contributed by atoms with E-state index in [0.29, 0.717) is 0 Å². The van der Waals surface area contributed by atoms with E-state index in [-0.39, 0.29) is 12.1 Å². The van der Waals surface area contributed by atoms with Crippen molar-refractivity contribution in [3.05, 3.63) is 23.2 Å². The highest BCUT2D eigenvalue weighted by molar-refractivity contribution is 6.34. The highest BCUT2D eigenvalue weighted by atomic mass is 35.5. The van der Waals surface area contributed by atoms with Gasteiger partial charge < -0.3 is 15.0 Å². The smallest absolute Gasteiger partial charge is 0.0786 e. The summed E-state index contributed by atoms with van der Waals surface area (Å²) < 4.78 is 5.31. The van der Waals surface area contributed by atoms with Crippen LogP contribution < -0.4 is 10.2 Å². The average Bonchev–Trinajstić information content (AvgIpc) is 2.27. The maximum atomic E-state index is 6.21. The van der Waals surface area contributed by atoms with Gasteiger partial charge in [0.25, 0.3) is 0 Å². The van der Waals surface area contributed by atoms with Crippen molar-refractivity contribution in [1.29, 1.82) is 0 Å². The molecule has 0 radical (unpaired) electrons. The van der Waals surface area contributed by atoms with E-state index in [1.54, 1.807) is 7.11 Å². The highest BCUT2D eigenvalue weighted by Gasteiger charge is 2.15. The molecule has 4 heteroatoms. The van der Waals surface area contributed by atoms with Gasteiger partial charge in [0.15, 0.2) is 0 Å². The molecule has 0 aliphatic heterocycles. The fraction of sp³-hybridized carbons (Fsp3) is 0.538. The second-order valence-electron chi connectivity index (χ2n) is 4.40. The van der Waals surface area contributed by atoms with E-state index in [4.69, 9.17) is 16.3 Å². The fourth-order valence-corrected chi connectivity index (χ4v) is 2.00. The van der Waals surface area contributed by atoms with Crippen molar-refractivity contribution in [3.63, 3.8) is 0 Å². The molecule has 1 rings (SSSR count). The molecular formula is C13H21ClN2O. The summed E-state index contributed by atoms with van der Waals surface area (Å²) in [5.74, 6) is 0. The zero-order chi connectivity index (χ0) is 13.0. The number of nitrogens with one attached hydrogen (secondary N) is 1. The van der Waals surface area contributed by atoms with Crippen molar-refractivity contribution in [2.45, 2.75) is 26.0 Å². The van der Waals surface area contributed by atoms with Gasteiger partial charge in [-0.25, -0.2) is 0 Å². The summed E-state index contributed by atoms with van der Waals surface area (Å²) in [6.07, 6.45) is 0.143. The monoisotopic (exact) mass is 256 g/mol. The third-order valence-electron chi connectivity index (χ3n) is 2.89. The van der Waals surface area contributed by atoms with Gasteiger partial charge in [0, 0.05) is 27.2 Å². The maximum Gasteiger partial charge on any atom is 0.0786 e. The number of rotatable bonds is 5. The number of halogens is 1. The molecule has 2 unspecified atom stereocenters. The fourth-order valence-electron chi connectivity index (χ4n) is 1.65. The summed E-state index contributed by atoms with van der Waals surface area (Å²) in [5.41, 5.74) is 2.03. The Morgan fingerprint density at radius 2 is 1.94 bits per heavy atom. The normalized spacial score (nSPS) is 14.2. The Morgan fingerprint density at radius 3 is 2.47 bits per heavy atom. The zero-order valence-corrected chi connectivity index (χ0v) is 11.9. The third-order valence-corrected chi connectivity index (χ3v) is 3.20. The number of methoxy groups -OCH3 is 1. The first-order valence-corrected chi connectivity index (χ1v) is 6.10. The van der Waals surface area contributed by atoms with Crippen LogP contribution in [0, 0.1) is 0 Å². The molecule has 0 aromatic heterocycles. The van der Waals surface area contributed by atoms with Gasteiger partial charge in [0.1, 0.15) is 0 Å². The lowest BCUT2D eigenvalue weighted by Crippen LogP contribution is -2.30.